The number of hydrogen-bond donors (Lipinski definition) is 1. The smallest absolute Gasteiger partial charge is 0.279 e. The fourth-order valence-corrected chi connectivity index (χ4v) is 2.26. The predicted octanol–water partition coefficient (Wildman–Crippen LogP) is 1.06. The van der Waals surface area contributed by atoms with Gasteiger partial charge in [0.05, 0.1) is 0 Å². The van der Waals surface area contributed by atoms with Gasteiger partial charge in [-0.05, 0) is 30.9 Å². The van der Waals surface area contributed by atoms with E-state index in [9.17, 15) is 0 Å². The molecule has 1 saturated heterocycles. The van der Waals surface area contributed by atoms with Gasteiger partial charge in [-0.3, -0.25) is 0 Å². The van der Waals surface area contributed by atoms with Crippen LogP contribution in [0.4, 0.5) is 0 Å². The Bertz CT molecular complexity index is 448. The topological polar surface area (TPSA) is 76.7 Å². The summed E-state index contributed by atoms with van der Waals surface area (Å²) in [5.41, 5.74) is 0.660. The molecule has 84 valence electrons. The van der Waals surface area contributed by atoms with Gasteiger partial charge in [-0.1, -0.05) is 9.64 Å². The molecule has 2 aromatic heterocycles. The Morgan fingerprint density at radius 2 is 2.50 bits per heavy atom. The van der Waals surface area contributed by atoms with Crippen molar-refractivity contribution in [3.63, 3.8) is 0 Å². The number of aromatic nitrogens is 4. The van der Waals surface area contributed by atoms with Crippen LogP contribution >= 0.6 is 11.5 Å². The summed E-state index contributed by atoms with van der Waals surface area (Å²) in [5, 5.41) is 13.0. The second-order valence-electron chi connectivity index (χ2n) is 3.79. The van der Waals surface area contributed by atoms with Gasteiger partial charge in [0.15, 0.2) is 11.5 Å². The molecule has 0 aliphatic carbocycles. The molecule has 3 heterocycles. The first kappa shape index (κ1) is 9.86. The van der Waals surface area contributed by atoms with Crippen LogP contribution in [0.15, 0.2) is 9.90 Å². The summed E-state index contributed by atoms with van der Waals surface area (Å²) in [7, 11) is 0. The van der Waals surface area contributed by atoms with Crippen molar-refractivity contribution in [2.24, 2.45) is 0 Å². The molecule has 6 nitrogen and oxygen atoms in total. The second kappa shape index (κ2) is 4.26. The lowest BCUT2D eigenvalue weighted by molar-refractivity contribution is 0.392. The number of rotatable bonds is 2. The van der Waals surface area contributed by atoms with Crippen LogP contribution in [-0.2, 0) is 0 Å². The molecule has 0 spiro atoms. The molecule has 1 fully saturated rings. The Labute approximate surface area is 96.2 Å². The first-order chi connectivity index (χ1) is 7.93. The maximum atomic E-state index is 5.18. The molecule has 1 aliphatic heterocycles. The van der Waals surface area contributed by atoms with Gasteiger partial charge >= 0.3 is 0 Å². The summed E-state index contributed by atoms with van der Waals surface area (Å²) in [6, 6.07) is 0. The highest BCUT2D eigenvalue weighted by Gasteiger charge is 2.21. The second-order valence-corrected chi connectivity index (χ2v) is 4.40. The summed E-state index contributed by atoms with van der Waals surface area (Å²) in [5.74, 6) is 1.60. The van der Waals surface area contributed by atoms with Gasteiger partial charge in [0, 0.05) is 17.8 Å². The standard InChI is InChI=1S/C9H11N5OS/c1-2-6(4-10-3-1)8-11-9(15-13-8)7-5-16-14-12-7/h5-6,10H,1-4H2. The highest BCUT2D eigenvalue weighted by atomic mass is 32.1. The molecular formula is C9H11N5OS. The number of nitrogens with one attached hydrogen (secondary N) is 1. The molecule has 7 heteroatoms. The molecule has 1 unspecified atom stereocenters. The van der Waals surface area contributed by atoms with Gasteiger partial charge in [0.25, 0.3) is 5.89 Å². The zero-order valence-electron chi connectivity index (χ0n) is 8.59. The van der Waals surface area contributed by atoms with Gasteiger partial charge in [0.2, 0.25) is 0 Å². The van der Waals surface area contributed by atoms with Crippen molar-refractivity contribution in [1.82, 2.24) is 25.0 Å². The first-order valence-corrected chi connectivity index (χ1v) is 6.09. The zero-order chi connectivity index (χ0) is 10.8. The third-order valence-electron chi connectivity index (χ3n) is 2.68. The van der Waals surface area contributed by atoms with Crippen LogP contribution in [0.25, 0.3) is 11.6 Å². The van der Waals surface area contributed by atoms with E-state index in [2.05, 4.69) is 25.0 Å². The number of piperidine rings is 1. The lowest BCUT2D eigenvalue weighted by Crippen LogP contribution is -2.28. The van der Waals surface area contributed by atoms with Crippen molar-refractivity contribution in [2.45, 2.75) is 18.8 Å². The highest BCUT2D eigenvalue weighted by molar-refractivity contribution is 7.03. The molecule has 1 atom stereocenters. The minimum Gasteiger partial charge on any atom is -0.332 e. The molecule has 0 aromatic carbocycles. The molecule has 0 amide bonds. The van der Waals surface area contributed by atoms with E-state index in [0.717, 1.165) is 31.8 Å². The molecule has 0 radical (unpaired) electrons. The number of nitrogens with zero attached hydrogens (tertiary/aromatic N) is 4. The minimum atomic E-state index is 0.359. The monoisotopic (exact) mass is 237 g/mol. The fraction of sp³-hybridized carbons (Fsp3) is 0.556. The van der Waals surface area contributed by atoms with Crippen LogP contribution in [0.1, 0.15) is 24.6 Å². The Balaban J connectivity index is 1.82. The van der Waals surface area contributed by atoms with E-state index in [1.807, 2.05) is 0 Å². The maximum absolute atomic E-state index is 5.18. The van der Waals surface area contributed by atoms with Crippen LogP contribution in [0.2, 0.25) is 0 Å². The van der Waals surface area contributed by atoms with E-state index >= 15 is 0 Å². The molecule has 1 N–H and O–H groups in total. The van der Waals surface area contributed by atoms with Crippen molar-refractivity contribution in [3.8, 4) is 11.6 Å². The minimum absolute atomic E-state index is 0.359. The third kappa shape index (κ3) is 1.83. The van der Waals surface area contributed by atoms with Crippen LogP contribution in [0.3, 0.4) is 0 Å². The van der Waals surface area contributed by atoms with E-state index in [-0.39, 0.29) is 0 Å². The summed E-state index contributed by atoms with van der Waals surface area (Å²) < 4.78 is 8.95. The van der Waals surface area contributed by atoms with Gasteiger partial charge in [-0.2, -0.15) is 4.98 Å². The van der Waals surface area contributed by atoms with Crippen molar-refractivity contribution in [1.29, 1.82) is 0 Å². The average molecular weight is 237 g/mol. The van der Waals surface area contributed by atoms with Gasteiger partial charge in [0.1, 0.15) is 0 Å². The fourth-order valence-electron chi connectivity index (χ4n) is 1.83. The lowest BCUT2D eigenvalue weighted by Gasteiger charge is -2.19. The summed E-state index contributed by atoms with van der Waals surface area (Å²) in [4.78, 5) is 4.36. The van der Waals surface area contributed by atoms with Gasteiger partial charge in [-0.25, -0.2) is 0 Å². The van der Waals surface area contributed by atoms with Gasteiger partial charge in [-0.15, -0.1) is 5.10 Å². The third-order valence-corrected chi connectivity index (χ3v) is 3.19. The van der Waals surface area contributed by atoms with Crippen molar-refractivity contribution in [2.75, 3.05) is 13.1 Å². The van der Waals surface area contributed by atoms with Crippen molar-refractivity contribution in [3.05, 3.63) is 11.2 Å². The first-order valence-electron chi connectivity index (χ1n) is 5.25. The Kier molecular flexibility index (Phi) is 2.63. The molecule has 2 aromatic rings. The Morgan fingerprint density at radius 1 is 1.50 bits per heavy atom. The molecule has 0 saturated carbocycles. The van der Waals surface area contributed by atoms with E-state index in [0.29, 0.717) is 17.5 Å². The normalized spacial score (nSPS) is 21.1. The Morgan fingerprint density at radius 3 is 3.25 bits per heavy atom. The SMILES string of the molecule is c1snnc1-c1nc(C2CCCNC2)no1. The summed E-state index contributed by atoms with van der Waals surface area (Å²) in [6.07, 6.45) is 2.27. The summed E-state index contributed by atoms with van der Waals surface area (Å²) in [6.45, 7) is 2.01. The van der Waals surface area contributed by atoms with Gasteiger partial charge < -0.3 is 9.84 Å². The van der Waals surface area contributed by atoms with E-state index < -0.39 is 0 Å². The molecular weight excluding hydrogens is 226 g/mol. The van der Waals surface area contributed by atoms with E-state index in [1.165, 1.54) is 11.5 Å². The quantitative estimate of drug-likeness (QED) is 0.841. The van der Waals surface area contributed by atoms with Crippen LogP contribution in [0, 0.1) is 0 Å². The van der Waals surface area contributed by atoms with E-state index in [1.54, 1.807) is 5.38 Å². The molecule has 16 heavy (non-hydrogen) atoms. The summed E-state index contributed by atoms with van der Waals surface area (Å²) >= 11 is 1.28. The molecule has 1 aliphatic rings. The lowest BCUT2D eigenvalue weighted by atomic mass is 9.99. The van der Waals surface area contributed by atoms with Crippen LogP contribution < -0.4 is 5.32 Å². The van der Waals surface area contributed by atoms with Crippen molar-refractivity contribution < 1.29 is 4.52 Å². The molecule has 0 bridgehead atoms. The zero-order valence-corrected chi connectivity index (χ0v) is 9.40. The maximum Gasteiger partial charge on any atom is 0.279 e. The van der Waals surface area contributed by atoms with Crippen LogP contribution in [0.5, 0.6) is 0 Å². The van der Waals surface area contributed by atoms with Crippen LogP contribution in [-0.4, -0.2) is 32.8 Å². The number of hydrogen-bond acceptors (Lipinski definition) is 7. The van der Waals surface area contributed by atoms with E-state index in [4.69, 9.17) is 4.52 Å². The predicted molar refractivity (Wildman–Crippen MR) is 58.0 cm³/mol. The highest BCUT2D eigenvalue weighted by Crippen LogP contribution is 2.23. The largest absolute Gasteiger partial charge is 0.332 e. The molecule has 3 rings (SSSR count). The average Bonchev–Trinajstić information content (AvgIpc) is 3.01. The van der Waals surface area contributed by atoms with Crippen molar-refractivity contribution >= 4 is 11.5 Å². The Hall–Kier alpha value is -1.34.